The van der Waals surface area contributed by atoms with Gasteiger partial charge in [0.25, 0.3) is 0 Å². The van der Waals surface area contributed by atoms with E-state index in [0.29, 0.717) is 11.5 Å². The third-order valence-electron chi connectivity index (χ3n) is 4.36. The van der Waals surface area contributed by atoms with Gasteiger partial charge in [-0.3, -0.25) is 0 Å². The second kappa shape index (κ2) is 5.73. The summed E-state index contributed by atoms with van der Waals surface area (Å²) >= 11 is 0. The lowest BCUT2D eigenvalue weighted by molar-refractivity contribution is 0.395. The molecule has 0 fully saturated rings. The van der Waals surface area contributed by atoms with Crippen LogP contribution in [0.4, 0.5) is 0 Å². The van der Waals surface area contributed by atoms with E-state index < -0.39 is 0 Å². The Hall–Kier alpha value is -2.87. The van der Waals surface area contributed by atoms with E-state index in [-0.39, 0.29) is 0 Å². The van der Waals surface area contributed by atoms with E-state index in [2.05, 4.69) is 28.3 Å². The Morgan fingerprint density at radius 1 is 1.35 bits per heavy atom. The standard InChI is InChI=1S/C18H17N5/c19-10-14-7-4-8-15(9-14)17-21-16-11-20-23(18(16)22-17)12-13-5-2-1-3-6-13/h1-2,4,7-9,11,13H,3,5-6,12H2,(H,21,22). The van der Waals surface area contributed by atoms with E-state index >= 15 is 0 Å². The molecule has 1 aromatic carbocycles. The van der Waals surface area contributed by atoms with Crippen LogP contribution in [-0.4, -0.2) is 19.7 Å². The molecule has 1 atom stereocenters. The lowest BCUT2D eigenvalue weighted by Gasteiger charge is -2.17. The normalized spacial score (nSPS) is 17.4. The summed E-state index contributed by atoms with van der Waals surface area (Å²) in [6.07, 6.45) is 9.82. The quantitative estimate of drug-likeness (QED) is 0.751. The fourth-order valence-electron chi connectivity index (χ4n) is 3.12. The van der Waals surface area contributed by atoms with Crippen LogP contribution in [0.1, 0.15) is 24.8 Å². The number of imidazole rings is 1. The summed E-state index contributed by atoms with van der Waals surface area (Å²) in [5, 5.41) is 13.5. The molecular formula is C18H17N5. The summed E-state index contributed by atoms with van der Waals surface area (Å²) in [4.78, 5) is 8.00. The van der Waals surface area contributed by atoms with Crippen LogP contribution in [0, 0.1) is 17.2 Å². The lowest BCUT2D eigenvalue weighted by atomic mass is 9.94. The van der Waals surface area contributed by atoms with Gasteiger partial charge in [0.05, 0.1) is 17.8 Å². The number of aromatic nitrogens is 4. The molecule has 0 spiro atoms. The molecule has 0 aliphatic heterocycles. The Labute approximate surface area is 134 Å². The summed E-state index contributed by atoms with van der Waals surface area (Å²) < 4.78 is 1.99. The molecule has 4 rings (SSSR count). The average molecular weight is 303 g/mol. The lowest BCUT2D eigenvalue weighted by Crippen LogP contribution is -2.13. The van der Waals surface area contributed by atoms with Gasteiger partial charge in [0.15, 0.2) is 5.65 Å². The highest BCUT2D eigenvalue weighted by molar-refractivity contribution is 5.76. The molecule has 1 aliphatic rings. The number of fused-ring (bicyclic) bond motifs is 1. The first-order valence-electron chi connectivity index (χ1n) is 7.90. The Morgan fingerprint density at radius 2 is 2.30 bits per heavy atom. The highest BCUT2D eigenvalue weighted by atomic mass is 15.3. The fraction of sp³-hybridized carbons (Fsp3) is 0.278. The SMILES string of the molecule is N#Cc1cccc(-c2nc3c(cnn3CC3CC=CCC3)[nH]2)c1. The van der Waals surface area contributed by atoms with Gasteiger partial charge in [-0.15, -0.1) is 0 Å². The molecule has 2 aromatic heterocycles. The van der Waals surface area contributed by atoms with Gasteiger partial charge in [0.2, 0.25) is 0 Å². The first-order chi connectivity index (χ1) is 11.3. The second-order valence-corrected chi connectivity index (χ2v) is 5.99. The summed E-state index contributed by atoms with van der Waals surface area (Å²) in [5.74, 6) is 1.41. The van der Waals surface area contributed by atoms with Crippen molar-refractivity contribution >= 4 is 11.2 Å². The molecule has 1 aliphatic carbocycles. The van der Waals surface area contributed by atoms with E-state index in [0.717, 1.165) is 41.9 Å². The number of nitriles is 1. The van der Waals surface area contributed by atoms with E-state index in [1.54, 1.807) is 6.07 Å². The van der Waals surface area contributed by atoms with Crippen molar-refractivity contribution in [2.24, 2.45) is 5.92 Å². The van der Waals surface area contributed by atoms with Crippen molar-refractivity contribution in [2.75, 3.05) is 0 Å². The molecule has 0 radical (unpaired) electrons. The highest BCUT2D eigenvalue weighted by Crippen LogP contribution is 2.24. The zero-order valence-electron chi connectivity index (χ0n) is 12.7. The van der Waals surface area contributed by atoms with Crippen molar-refractivity contribution in [3.63, 3.8) is 0 Å². The number of benzene rings is 1. The minimum Gasteiger partial charge on any atom is -0.335 e. The van der Waals surface area contributed by atoms with Gasteiger partial charge in [0.1, 0.15) is 11.3 Å². The Kier molecular flexibility index (Phi) is 3.43. The van der Waals surface area contributed by atoms with Gasteiger partial charge < -0.3 is 4.98 Å². The van der Waals surface area contributed by atoms with Gasteiger partial charge in [0, 0.05) is 12.1 Å². The molecule has 23 heavy (non-hydrogen) atoms. The average Bonchev–Trinajstić information content (AvgIpc) is 3.18. The van der Waals surface area contributed by atoms with Crippen LogP contribution in [0.15, 0.2) is 42.6 Å². The Morgan fingerprint density at radius 3 is 3.13 bits per heavy atom. The smallest absolute Gasteiger partial charge is 0.176 e. The third-order valence-corrected chi connectivity index (χ3v) is 4.36. The molecule has 5 heteroatoms. The van der Waals surface area contributed by atoms with Gasteiger partial charge in [-0.1, -0.05) is 24.3 Å². The number of rotatable bonds is 3. The van der Waals surface area contributed by atoms with Crippen molar-refractivity contribution in [3.05, 3.63) is 48.2 Å². The van der Waals surface area contributed by atoms with Crippen LogP contribution in [-0.2, 0) is 6.54 Å². The highest BCUT2D eigenvalue weighted by Gasteiger charge is 2.15. The topological polar surface area (TPSA) is 70.3 Å². The zero-order valence-corrected chi connectivity index (χ0v) is 12.7. The maximum Gasteiger partial charge on any atom is 0.176 e. The van der Waals surface area contributed by atoms with Crippen molar-refractivity contribution in [3.8, 4) is 17.5 Å². The number of allylic oxidation sites excluding steroid dienone is 2. The van der Waals surface area contributed by atoms with Crippen LogP contribution < -0.4 is 0 Å². The maximum absolute atomic E-state index is 9.03. The molecule has 0 saturated carbocycles. The summed E-state index contributed by atoms with van der Waals surface area (Å²) in [5.41, 5.74) is 3.39. The van der Waals surface area contributed by atoms with Crippen LogP contribution in [0.25, 0.3) is 22.6 Å². The number of hydrogen-bond donors (Lipinski definition) is 1. The molecule has 114 valence electrons. The monoisotopic (exact) mass is 303 g/mol. The minimum absolute atomic E-state index is 0.630. The van der Waals surface area contributed by atoms with E-state index in [9.17, 15) is 0 Å². The van der Waals surface area contributed by atoms with E-state index in [1.165, 1.54) is 6.42 Å². The van der Waals surface area contributed by atoms with Crippen molar-refractivity contribution < 1.29 is 0 Å². The predicted octanol–water partition coefficient (Wildman–Crippen LogP) is 3.65. The Bertz CT molecular complexity index is 909. The predicted molar refractivity (Wildman–Crippen MR) is 88.5 cm³/mol. The largest absolute Gasteiger partial charge is 0.335 e. The summed E-state index contributed by atoms with van der Waals surface area (Å²) in [7, 11) is 0. The van der Waals surface area contributed by atoms with Crippen LogP contribution >= 0.6 is 0 Å². The summed E-state index contributed by atoms with van der Waals surface area (Å²) in [6.45, 7) is 0.899. The van der Waals surface area contributed by atoms with Gasteiger partial charge >= 0.3 is 0 Å². The Balaban J connectivity index is 1.66. The minimum atomic E-state index is 0.630. The molecule has 0 amide bonds. The number of H-pyrrole nitrogens is 1. The first kappa shape index (κ1) is 13.8. The molecule has 5 nitrogen and oxygen atoms in total. The zero-order chi connectivity index (χ0) is 15.6. The van der Waals surface area contributed by atoms with Crippen molar-refractivity contribution in [1.29, 1.82) is 5.26 Å². The van der Waals surface area contributed by atoms with Crippen LogP contribution in [0.5, 0.6) is 0 Å². The maximum atomic E-state index is 9.03. The number of nitrogens with one attached hydrogen (secondary N) is 1. The fourth-order valence-corrected chi connectivity index (χ4v) is 3.12. The molecule has 0 bridgehead atoms. The van der Waals surface area contributed by atoms with E-state index in [4.69, 9.17) is 10.2 Å². The van der Waals surface area contributed by atoms with Gasteiger partial charge in [-0.05, 0) is 37.3 Å². The number of hydrogen-bond acceptors (Lipinski definition) is 3. The van der Waals surface area contributed by atoms with Gasteiger partial charge in [-0.2, -0.15) is 10.4 Å². The molecular weight excluding hydrogens is 286 g/mol. The van der Waals surface area contributed by atoms with Gasteiger partial charge in [-0.25, -0.2) is 9.67 Å². The second-order valence-electron chi connectivity index (χ2n) is 5.99. The van der Waals surface area contributed by atoms with Crippen molar-refractivity contribution in [2.45, 2.75) is 25.8 Å². The number of aromatic amines is 1. The van der Waals surface area contributed by atoms with Crippen LogP contribution in [0.3, 0.4) is 0 Å². The molecule has 3 aromatic rings. The van der Waals surface area contributed by atoms with E-state index in [1.807, 2.05) is 29.1 Å². The third kappa shape index (κ3) is 2.64. The summed E-state index contributed by atoms with van der Waals surface area (Å²) in [6, 6.07) is 9.65. The van der Waals surface area contributed by atoms with Crippen LogP contribution in [0.2, 0.25) is 0 Å². The molecule has 1 N–H and O–H groups in total. The molecule has 0 saturated heterocycles. The molecule has 1 unspecified atom stereocenters. The molecule has 2 heterocycles. The first-order valence-corrected chi connectivity index (χ1v) is 7.90. The number of nitrogens with zero attached hydrogens (tertiary/aromatic N) is 4. The van der Waals surface area contributed by atoms with Crippen molar-refractivity contribution in [1.82, 2.24) is 19.7 Å².